The maximum Gasteiger partial charge on any atom is 0.387 e. The van der Waals surface area contributed by atoms with Crippen molar-refractivity contribution in [3.05, 3.63) is 54.6 Å². The first kappa shape index (κ1) is 21.2. The Morgan fingerprint density at radius 1 is 1.19 bits per heavy atom. The van der Waals surface area contributed by atoms with Crippen molar-refractivity contribution >= 4 is 0 Å². The molecule has 0 unspecified atom stereocenters. The maximum atomic E-state index is 11.8. The first-order valence-corrected chi connectivity index (χ1v) is 6.63. The lowest BCUT2D eigenvalue weighted by molar-refractivity contribution is -0.0498. The fraction of sp³-hybridized carbons (Fsp3) is 0.353. The molecule has 4 heteroatoms. The van der Waals surface area contributed by atoms with Crippen molar-refractivity contribution in [3.63, 3.8) is 0 Å². The van der Waals surface area contributed by atoms with E-state index in [2.05, 4.69) is 31.7 Å². The van der Waals surface area contributed by atoms with Crippen LogP contribution in [0.25, 0.3) is 0 Å². The van der Waals surface area contributed by atoms with E-state index in [-0.39, 0.29) is 5.75 Å². The number of ether oxygens (including phenoxy) is 1. The molecule has 0 fully saturated rings. The Morgan fingerprint density at radius 2 is 1.67 bits per heavy atom. The molecule has 0 aliphatic heterocycles. The zero-order valence-corrected chi connectivity index (χ0v) is 12.9. The molecule has 1 aromatic rings. The minimum Gasteiger partial charge on any atom is -0.435 e. The van der Waals surface area contributed by atoms with Gasteiger partial charge in [0.2, 0.25) is 0 Å². The van der Waals surface area contributed by atoms with E-state index in [0.29, 0.717) is 5.56 Å². The molecule has 2 nitrogen and oxygen atoms in total. The van der Waals surface area contributed by atoms with E-state index in [4.69, 9.17) is 5.26 Å². The second-order valence-electron chi connectivity index (χ2n) is 3.92. The highest BCUT2D eigenvalue weighted by Crippen LogP contribution is 2.18. The number of alkyl halides is 2. The van der Waals surface area contributed by atoms with Crippen molar-refractivity contribution in [1.29, 1.82) is 5.26 Å². The Hall–Kier alpha value is -2.15. The predicted octanol–water partition coefficient (Wildman–Crippen LogP) is 5.63. The highest BCUT2D eigenvalue weighted by Gasteiger charge is 2.05. The van der Waals surface area contributed by atoms with Gasteiger partial charge in [-0.3, -0.25) is 0 Å². The molecule has 21 heavy (non-hydrogen) atoms. The van der Waals surface area contributed by atoms with Gasteiger partial charge in [-0.1, -0.05) is 26.0 Å². The molecule has 0 aliphatic carbocycles. The zero-order valence-electron chi connectivity index (χ0n) is 12.9. The normalized spacial score (nSPS) is 8.43. The lowest BCUT2D eigenvalue weighted by Crippen LogP contribution is -2.02. The minimum atomic E-state index is -2.85. The van der Waals surface area contributed by atoms with Gasteiger partial charge in [-0.15, -0.1) is 13.2 Å². The minimum absolute atomic E-state index is 0.0200. The van der Waals surface area contributed by atoms with Gasteiger partial charge in [0.25, 0.3) is 0 Å². The topological polar surface area (TPSA) is 33.0 Å². The summed E-state index contributed by atoms with van der Waals surface area (Å²) in [5.41, 5.74) is 1.03. The van der Waals surface area contributed by atoms with Gasteiger partial charge >= 0.3 is 6.61 Å². The number of halogens is 2. The summed E-state index contributed by atoms with van der Waals surface area (Å²) in [4.78, 5) is 0. The Labute approximate surface area is 126 Å². The molecule has 0 heterocycles. The van der Waals surface area contributed by atoms with Crippen molar-refractivity contribution < 1.29 is 13.5 Å². The number of benzene rings is 1. The summed E-state index contributed by atoms with van der Waals surface area (Å²) in [6.07, 6.45) is 5.92. The van der Waals surface area contributed by atoms with Gasteiger partial charge in [-0.05, 0) is 43.5 Å². The van der Waals surface area contributed by atoms with E-state index in [9.17, 15) is 8.78 Å². The molecule has 0 N–H and O–H groups in total. The second kappa shape index (κ2) is 14.3. The van der Waals surface area contributed by atoms with Crippen molar-refractivity contribution in [2.24, 2.45) is 0 Å². The van der Waals surface area contributed by atoms with Crippen LogP contribution in [0.15, 0.2) is 43.5 Å². The standard InChI is InChI=1S/C9H7F2NO.2C4H8/c1-6-2-7(5-12)4-8(3-6)13-9(10)11;2*1-3-4-2/h2-4,9H,1H3;2*3H,1,4H2,2H3. The van der Waals surface area contributed by atoms with E-state index in [0.717, 1.165) is 18.4 Å². The van der Waals surface area contributed by atoms with Crippen LogP contribution in [0.4, 0.5) is 8.78 Å². The van der Waals surface area contributed by atoms with Gasteiger partial charge in [0, 0.05) is 0 Å². The second-order valence-corrected chi connectivity index (χ2v) is 3.92. The Balaban J connectivity index is 0. The first-order valence-electron chi connectivity index (χ1n) is 6.63. The van der Waals surface area contributed by atoms with Crippen molar-refractivity contribution in [2.75, 3.05) is 0 Å². The maximum absolute atomic E-state index is 11.8. The van der Waals surface area contributed by atoms with E-state index in [1.54, 1.807) is 13.0 Å². The predicted molar refractivity (Wildman–Crippen MR) is 83.5 cm³/mol. The third kappa shape index (κ3) is 14.1. The third-order valence-electron chi connectivity index (χ3n) is 1.98. The van der Waals surface area contributed by atoms with Gasteiger partial charge in [0.15, 0.2) is 0 Å². The Kier molecular flexibility index (Phi) is 14.4. The molecular weight excluding hydrogens is 272 g/mol. The summed E-state index contributed by atoms with van der Waals surface area (Å²) in [6.45, 7) is 9.94. The quantitative estimate of drug-likeness (QED) is 0.674. The molecule has 0 spiro atoms. The summed E-state index contributed by atoms with van der Waals surface area (Å²) < 4.78 is 27.7. The summed E-state index contributed by atoms with van der Waals surface area (Å²) in [5, 5.41) is 8.53. The Bertz CT molecular complexity index is 443. The van der Waals surface area contributed by atoms with Crippen LogP contribution in [0.3, 0.4) is 0 Å². The van der Waals surface area contributed by atoms with Crippen LogP contribution < -0.4 is 4.74 Å². The fourth-order valence-electron chi connectivity index (χ4n) is 0.983. The molecule has 116 valence electrons. The van der Waals surface area contributed by atoms with Crippen LogP contribution >= 0.6 is 0 Å². The molecule has 0 radical (unpaired) electrons. The van der Waals surface area contributed by atoms with E-state index >= 15 is 0 Å². The lowest BCUT2D eigenvalue weighted by atomic mass is 10.1. The van der Waals surface area contributed by atoms with E-state index in [1.807, 2.05) is 18.2 Å². The highest BCUT2D eigenvalue weighted by molar-refractivity contribution is 5.40. The Morgan fingerprint density at radius 3 is 2.00 bits per heavy atom. The lowest BCUT2D eigenvalue weighted by Gasteiger charge is -2.05. The highest BCUT2D eigenvalue weighted by atomic mass is 19.3. The average Bonchev–Trinajstić information content (AvgIpc) is 2.46. The molecular formula is C17H23F2NO. The van der Waals surface area contributed by atoms with Crippen LogP contribution in [0.5, 0.6) is 5.75 Å². The van der Waals surface area contributed by atoms with Crippen molar-refractivity contribution in [3.8, 4) is 11.8 Å². The van der Waals surface area contributed by atoms with Gasteiger partial charge in [0.05, 0.1) is 11.6 Å². The van der Waals surface area contributed by atoms with Crippen LogP contribution in [0, 0.1) is 18.3 Å². The van der Waals surface area contributed by atoms with Crippen LogP contribution in [0.1, 0.15) is 37.8 Å². The molecule has 1 aromatic carbocycles. The molecule has 0 saturated carbocycles. The van der Waals surface area contributed by atoms with Crippen LogP contribution in [-0.2, 0) is 0 Å². The number of hydrogen-bond donors (Lipinski definition) is 0. The molecule has 0 amide bonds. The van der Waals surface area contributed by atoms with Gasteiger partial charge in [-0.25, -0.2) is 0 Å². The largest absolute Gasteiger partial charge is 0.435 e. The molecule has 0 bridgehead atoms. The first-order chi connectivity index (χ1) is 9.94. The van der Waals surface area contributed by atoms with Crippen molar-refractivity contribution in [1.82, 2.24) is 0 Å². The zero-order chi connectivity index (χ0) is 16.7. The van der Waals surface area contributed by atoms with Gasteiger partial charge in [0.1, 0.15) is 5.75 Å². The SMILES string of the molecule is C=CCC.C=CCC.Cc1cc(C#N)cc(OC(F)F)c1. The number of nitrogens with zero attached hydrogens (tertiary/aromatic N) is 1. The molecule has 0 aromatic heterocycles. The van der Waals surface area contributed by atoms with Gasteiger partial charge < -0.3 is 4.74 Å². The fourth-order valence-corrected chi connectivity index (χ4v) is 0.983. The van der Waals surface area contributed by atoms with Gasteiger partial charge in [-0.2, -0.15) is 14.0 Å². The molecule has 0 aliphatic rings. The molecule has 1 rings (SSSR count). The smallest absolute Gasteiger partial charge is 0.387 e. The van der Waals surface area contributed by atoms with Crippen molar-refractivity contribution in [2.45, 2.75) is 40.2 Å². The number of aryl methyl sites for hydroxylation is 1. The number of nitriles is 1. The number of rotatable bonds is 4. The monoisotopic (exact) mass is 295 g/mol. The summed E-state index contributed by atoms with van der Waals surface area (Å²) in [7, 11) is 0. The average molecular weight is 295 g/mol. The molecule has 0 atom stereocenters. The van der Waals surface area contributed by atoms with E-state index < -0.39 is 6.61 Å². The van der Waals surface area contributed by atoms with E-state index in [1.165, 1.54) is 12.1 Å². The summed E-state index contributed by atoms with van der Waals surface area (Å²) in [5.74, 6) is 0.0200. The van der Waals surface area contributed by atoms with Crippen LogP contribution in [0.2, 0.25) is 0 Å². The molecule has 0 saturated heterocycles. The number of allylic oxidation sites excluding steroid dienone is 2. The van der Waals surface area contributed by atoms with Crippen LogP contribution in [-0.4, -0.2) is 6.61 Å². The summed E-state index contributed by atoms with van der Waals surface area (Å²) >= 11 is 0. The summed E-state index contributed by atoms with van der Waals surface area (Å²) in [6, 6.07) is 6.18. The third-order valence-corrected chi connectivity index (χ3v) is 1.98. The number of hydrogen-bond acceptors (Lipinski definition) is 2.